The molecule has 1 amide bonds. The highest BCUT2D eigenvalue weighted by Gasteiger charge is 2.20. The number of fused-ring (bicyclic) bond motifs is 2. The van der Waals surface area contributed by atoms with Crippen LogP contribution in [-0.4, -0.2) is 52.1 Å². The maximum atomic E-state index is 12.8. The Labute approximate surface area is 229 Å². The quantitative estimate of drug-likeness (QED) is 0.184. The van der Waals surface area contributed by atoms with Gasteiger partial charge in [-0.25, -0.2) is 14.8 Å². The van der Waals surface area contributed by atoms with E-state index >= 15 is 0 Å². The minimum absolute atomic E-state index is 0. The molecule has 15 heteroatoms. The molecule has 3 heterocycles. The summed E-state index contributed by atoms with van der Waals surface area (Å²) in [5.41, 5.74) is 7.45. The number of nitrogens with zero attached hydrogens (tertiary/aromatic N) is 4. The van der Waals surface area contributed by atoms with Crippen LogP contribution in [0.15, 0.2) is 68.4 Å². The van der Waals surface area contributed by atoms with Gasteiger partial charge in [0, 0.05) is 12.7 Å². The van der Waals surface area contributed by atoms with Crippen molar-refractivity contribution in [2.24, 2.45) is 12.8 Å². The first kappa shape index (κ1) is 27.6. The first-order chi connectivity index (χ1) is 18.2. The van der Waals surface area contributed by atoms with Gasteiger partial charge in [-0.2, -0.15) is 0 Å². The number of benzene rings is 2. The van der Waals surface area contributed by atoms with Gasteiger partial charge in [0.15, 0.2) is 21.5 Å². The zero-order chi connectivity index (χ0) is 27.0. The number of rotatable bonds is 8. The summed E-state index contributed by atoms with van der Waals surface area (Å²) in [4.78, 5) is 62.6. The summed E-state index contributed by atoms with van der Waals surface area (Å²) in [7, 11) is 1.54. The number of nitrogens with two attached hydrogens (primary N) is 1. The molecule has 202 valence electrons. The highest BCUT2D eigenvalue weighted by atomic mass is 35.5. The molecule has 0 aliphatic carbocycles. The van der Waals surface area contributed by atoms with Crippen LogP contribution in [-0.2, 0) is 23.2 Å². The zero-order valence-corrected chi connectivity index (χ0v) is 22.0. The minimum Gasteiger partial charge on any atom is -0.480 e. The highest BCUT2D eigenvalue weighted by molar-refractivity contribution is 7.99. The van der Waals surface area contributed by atoms with Crippen molar-refractivity contribution in [2.75, 3.05) is 5.32 Å². The third-order valence-corrected chi connectivity index (χ3v) is 6.69. The van der Waals surface area contributed by atoms with Crippen molar-refractivity contribution in [1.29, 1.82) is 0 Å². The number of carbonyl (C=O) groups is 2. The smallest absolute Gasteiger partial charge is 0.329 e. The Balaban J connectivity index is 0.00000353. The topological polar surface area (TPSA) is 194 Å². The highest BCUT2D eigenvalue weighted by Crippen LogP contribution is 2.30. The van der Waals surface area contributed by atoms with Crippen LogP contribution in [0, 0.1) is 0 Å². The van der Waals surface area contributed by atoms with Crippen LogP contribution in [0.4, 0.5) is 5.69 Å². The molecule has 0 spiro atoms. The summed E-state index contributed by atoms with van der Waals surface area (Å²) in [6.07, 6.45) is -0.364. The molecule has 0 saturated carbocycles. The number of aliphatic carboxylic acids is 1. The SMILES string of the molecule is Cl.Cn1c(=O)[nH]c(=O)c2c1nc(Sc1nc3ccc(NC(=O)C[C@H](N)C(=O)O)cc3[nH]1)n2Cc1ccccc1. The Kier molecular flexibility index (Phi) is 7.90. The van der Waals surface area contributed by atoms with Gasteiger partial charge in [0.05, 0.1) is 24.0 Å². The lowest BCUT2D eigenvalue weighted by atomic mass is 10.2. The molecule has 0 radical (unpaired) electrons. The van der Waals surface area contributed by atoms with Crippen LogP contribution in [0.1, 0.15) is 12.0 Å². The normalized spacial score (nSPS) is 11.8. The number of nitrogens with one attached hydrogen (secondary N) is 3. The number of hydrogen-bond acceptors (Lipinski definition) is 8. The minimum atomic E-state index is -1.30. The molecule has 0 saturated heterocycles. The third-order valence-electron chi connectivity index (χ3n) is 5.81. The molecule has 6 N–H and O–H groups in total. The van der Waals surface area contributed by atoms with E-state index in [0.29, 0.717) is 33.6 Å². The number of aromatic nitrogens is 6. The number of anilines is 1. The van der Waals surface area contributed by atoms with E-state index in [4.69, 9.17) is 10.8 Å². The number of halogens is 1. The number of hydrogen-bond donors (Lipinski definition) is 5. The van der Waals surface area contributed by atoms with Crippen LogP contribution in [0.5, 0.6) is 0 Å². The third kappa shape index (κ3) is 5.72. The predicted molar refractivity (Wildman–Crippen MR) is 147 cm³/mol. The molecule has 0 aliphatic heterocycles. The fourth-order valence-corrected chi connectivity index (χ4v) is 4.78. The molecule has 13 nitrogen and oxygen atoms in total. The largest absolute Gasteiger partial charge is 0.480 e. The van der Waals surface area contributed by atoms with Crippen molar-refractivity contribution in [3.63, 3.8) is 0 Å². The van der Waals surface area contributed by atoms with Crippen molar-refractivity contribution < 1.29 is 14.7 Å². The molecule has 1 atom stereocenters. The number of carbonyl (C=O) groups excluding carboxylic acids is 1. The van der Waals surface area contributed by atoms with E-state index < -0.39 is 29.2 Å². The molecule has 0 bridgehead atoms. The van der Waals surface area contributed by atoms with E-state index in [9.17, 15) is 19.2 Å². The maximum Gasteiger partial charge on any atom is 0.329 e. The first-order valence-corrected chi connectivity index (χ1v) is 12.2. The van der Waals surface area contributed by atoms with Gasteiger partial charge in [-0.3, -0.25) is 23.9 Å². The Morgan fingerprint density at radius 1 is 1.13 bits per heavy atom. The van der Waals surface area contributed by atoms with Gasteiger partial charge in [0.25, 0.3) is 5.56 Å². The second-order valence-corrected chi connectivity index (χ2v) is 9.49. The lowest BCUT2D eigenvalue weighted by Gasteiger charge is -2.08. The second-order valence-electron chi connectivity index (χ2n) is 8.53. The Morgan fingerprint density at radius 2 is 1.87 bits per heavy atom. The average molecular weight is 571 g/mol. The van der Waals surface area contributed by atoms with E-state index in [-0.39, 0.29) is 30.0 Å². The molecule has 5 aromatic rings. The van der Waals surface area contributed by atoms with Gasteiger partial charge in [0.1, 0.15) is 6.04 Å². The lowest BCUT2D eigenvalue weighted by Crippen LogP contribution is -2.34. The number of amides is 1. The van der Waals surface area contributed by atoms with Crippen molar-refractivity contribution in [3.05, 3.63) is 74.9 Å². The lowest BCUT2D eigenvalue weighted by molar-refractivity contribution is -0.140. The van der Waals surface area contributed by atoms with E-state index in [1.165, 1.54) is 23.4 Å². The molecular weight excluding hydrogens is 548 g/mol. The fourth-order valence-electron chi connectivity index (χ4n) is 3.90. The van der Waals surface area contributed by atoms with Gasteiger partial charge in [0.2, 0.25) is 5.91 Å². The van der Waals surface area contributed by atoms with Crippen LogP contribution in [0.2, 0.25) is 0 Å². The number of aromatic amines is 2. The summed E-state index contributed by atoms with van der Waals surface area (Å²) < 4.78 is 3.02. The number of carboxylic acid groups (broad SMARTS) is 1. The van der Waals surface area contributed by atoms with Crippen molar-refractivity contribution in [1.82, 2.24) is 29.1 Å². The summed E-state index contributed by atoms with van der Waals surface area (Å²) in [6, 6.07) is 13.2. The standard InChI is InChI=1S/C24H22N8O5S.ClH/c1-31-19-18(20(34)30-23(31)37)32(11-12-5-3-2-4-6-12)24(29-19)38-22-27-15-8-7-13(9-16(15)28-22)26-17(33)10-14(25)21(35)36;/h2-9,14H,10-11,25H2,1H3,(H,26,33)(H,27,28)(H,35,36)(H,30,34,37);1H/t14-;/m0./s1. The zero-order valence-electron chi connectivity index (χ0n) is 20.4. The summed E-state index contributed by atoms with van der Waals surface area (Å²) in [6.45, 7) is 0.343. The molecule has 0 fully saturated rings. The van der Waals surface area contributed by atoms with Gasteiger partial charge >= 0.3 is 11.7 Å². The number of H-pyrrole nitrogens is 2. The van der Waals surface area contributed by atoms with E-state index in [2.05, 4.69) is 25.3 Å². The number of carboxylic acids is 1. The summed E-state index contributed by atoms with van der Waals surface area (Å²) in [5.74, 6) is -1.79. The van der Waals surface area contributed by atoms with Gasteiger partial charge in [-0.05, 0) is 35.5 Å². The second kappa shape index (κ2) is 11.1. The Morgan fingerprint density at radius 3 is 2.59 bits per heavy atom. The van der Waals surface area contributed by atoms with Gasteiger partial charge in [-0.1, -0.05) is 30.3 Å². The van der Waals surface area contributed by atoms with Crippen molar-refractivity contribution >= 4 is 63.9 Å². The fraction of sp³-hybridized carbons (Fsp3) is 0.167. The van der Waals surface area contributed by atoms with E-state index in [0.717, 1.165) is 5.56 Å². The molecule has 2 aromatic carbocycles. The van der Waals surface area contributed by atoms with Gasteiger partial charge in [-0.15, -0.1) is 12.4 Å². The molecule has 0 aliphatic rings. The van der Waals surface area contributed by atoms with Crippen molar-refractivity contribution in [2.45, 2.75) is 29.3 Å². The molecule has 3 aromatic heterocycles. The van der Waals surface area contributed by atoms with E-state index in [1.54, 1.807) is 22.8 Å². The molecule has 5 rings (SSSR count). The Hall–Kier alpha value is -4.40. The molecular formula is C24H23ClN8O5S. The summed E-state index contributed by atoms with van der Waals surface area (Å²) in [5, 5.41) is 12.4. The molecule has 39 heavy (non-hydrogen) atoms. The Bertz CT molecular complexity index is 1810. The van der Waals surface area contributed by atoms with Crippen LogP contribution in [0.3, 0.4) is 0 Å². The first-order valence-electron chi connectivity index (χ1n) is 11.4. The van der Waals surface area contributed by atoms with Crippen molar-refractivity contribution in [3.8, 4) is 0 Å². The van der Waals surface area contributed by atoms with Gasteiger partial charge < -0.3 is 25.7 Å². The van der Waals surface area contributed by atoms with E-state index in [1.807, 2.05) is 30.3 Å². The van der Waals surface area contributed by atoms with Crippen LogP contribution in [0.25, 0.3) is 22.2 Å². The summed E-state index contributed by atoms with van der Waals surface area (Å²) >= 11 is 1.19. The van der Waals surface area contributed by atoms with Crippen LogP contribution < -0.4 is 22.3 Å². The monoisotopic (exact) mass is 570 g/mol. The predicted octanol–water partition coefficient (Wildman–Crippen LogP) is 1.66. The number of aryl methyl sites for hydroxylation is 1. The molecule has 0 unspecified atom stereocenters. The maximum absolute atomic E-state index is 12.8. The van der Waals surface area contributed by atoms with Crippen LogP contribution >= 0.6 is 24.2 Å². The number of imidazole rings is 2. The average Bonchev–Trinajstić information content (AvgIpc) is 3.44.